The van der Waals surface area contributed by atoms with Gasteiger partial charge in [-0.1, -0.05) is 30.5 Å². The van der Waals surface area contributed by atoms with Gasteiger partial charge in [-0.15, -0.1) is 0 Å². The highest BCUT2D eigenvalue weighted by Gasteiger charge is 2.15. The van der Waals surface area contributed by atoms with Crippen LogP contribution in [0.15, 0.2) is 18.2 Å². The zero-order valence-electron chi connectivity index (χ0n) is 11.5. The number of hydrogen-bond donors (Lipinski definition) is 1. The van der Waals surface area contributed by atoms with Gasteiger partial charge < -0.3 is 10.5 Å². The summed E-state index contributed by atoms with van der Waals surface area (Å²) in [6.07, 6.45) is 9.07. The number of hydrogen-bond acceptors (Lipinski definition) is 2. The van der Waals surface area contributed by atoms with Crippen LogP contribution in [0.2, 0.25) is 0 Å². The van der Waals surface area contributed by atoms with E-state index in [0.717, 1.165) is 12.2 Å². The average Bonchev–Trinajstić information content (AvgIpc) is 2.61. The van der Waals surface area contributed by atoms with E-state index in [2.05, 4.69) is 25.1 Å². The lowest BCUT2D eigenvalue weighted by atomic mass is 10.1. The lowest BCUT2D eigenvalue weighted by Gasteiger charge is -2.19. The molecule has 2 rings (SSSR count). The van der Waals surface area contributed by atoms with Gasteiger partial charge >= 0.3 is 0 Å². The first-order valence-corrected chi connectivity index (χ1v) is 7.26. The molecule has 1 aromatic carbocycles. The summed E-state index contributed by atoms with van der Waals surface area (Å²) in [6, 6.07) is 6.45. The van der Waals surface area contributed by atoms with Gasteiger partial charge in [0.15, 0.2) is 0 Å². The van der Waals surface area contributed by atoms with E-state index in [4.69, 9.17) is 10.5 Å². The molecule has 1 saturated carbocycles. The van der Waals surface area contributed by atoms with Crippen LogP contribution in [0.1, 0.15) is 49.7 Å². The van der Waals surface area contributed by atoms with Crippen LogP contribution in [0, 0.1) is 6.92 Å². The summed E-state index contributed by atoms with van der Waals surface area (Å²) in [6.45, 7) is 2.81. The van der Waals surface area contributed by atoms with E-state index in [0.29, 0.717) is 12.6 Å². The van der Waals surface area contributed by atoms with Crippen molar-refractivity contribution in [2.45, 2.75) is 58.0 Å². The first-order valence-electron chi connectivity index (χ1n) is 7.26. The SMILES string of the molecule is Cc1ccc(OC2CCCCCC2)c(CCN)c1. The van der Waals surface area contributed by atoms with Gasteiger partial charge in [0.1, 0.15) is 5.75 Å². The molecule has 1 aliphatic carbocycles. The Hall–Kier alpha value is -1.02. The van der Waals surface area contributed by atoms with Crippen LogP contribution in [0.4, 0.5) is 0 Å². The molecule has 2 N–H and O–H groups in total. The second kappa shape index (κ2) is 6.79. The minimum atomic E-state index is 0.409. The highest BCUT2D eigenvalue weighted by molar-refractivity contribution is 5.37. The molecule has 2 nitrogen and oxygen atoms in total. The fraction of sp³-hybridized carbons (Fsp3) is 0.625. The third kappa shape index (κ3) is 3.74. The molecule has 2 heteroatoms. The molecule has 100 valence electrons. The molecule has 1 aromatic rings. The standard InChI is InChI=1S/C16H25NO/c1-13-8-9-16(14(12-13)10-11-17)18-15-6-4-2-3-5-7-15/h8-9,12,15H,2-7,10-11,17H2,1H3. The zero-order chi connectivity index (χ0) is 12.8. The smallest absolute Gasteiger partial charge is 0.122 e. The van der Waals surface area contributed by atoms with Gasteiger partial charge in [0.2, 0.25) is 0 Å². The van der Waals surface area contributed by atoms with Gasteiger partial charge in [-0.05, 0) is 57.2 Å². The fourth-order valence-corrected chi connectivity index (χ4v) is 2.71. The van der Waals surface area contributed by atoms with Crippen LogP contribution in [0.5, 0.6) is 5.75 Å². The van der Waals surface area contributed by atoms with E-state index in [1.54, 1.807) is 0 Å². The van der Waals surface area contributed by atoms with Gasteiger partial charge in [0.05, 0.1) is 6.10 Å². The molecule has 1 aliphatic rings. The number of benzene rings is 1. The second-order valence-electron chi connectivity index (χ2n) is 5.38. The highest BCUT2D eigenvalue weighted by atomic mass is 16.5. The highest BCUT2D eigenvalue weighted by Crippen LogP contribution is 2.26. The van der Waals surface area contributed by atoms with Crippen LogP contribution in [0.3, 0.4) is 0 Å². The maximum absolute atomic E-state index is 6.22. The third-order valence-corrected chi connectivity index (χ3v) is 3.73. The monoisotopic (exact) mass is 247 g/mol. The van der Waals surface area contributed by atoms with Crippen LogP contribution >= 0.6 is 0 Å². The van der Waals surface area contributed by atoms with Crippen LogP contribution in [-0.4, -0.2) is 12.6 Å². The summed E-state index contributed by atoms with van der Waals surface area (Å²) < 4.78 is 6.22. The quantitative estimate of drug-likeness (QED) is 0.825. The summed E-state index contributed by atoms with van der Waals surface area (Å²) in [5.41, 5.74) is 8.23. The number of rotatable bonds is 4. The summed E-state index contributed by atoms with van der Waals surface area (Å²) in [7, 11) is 0. The average molecular weight is 247 g/mol. The van der Waals surface area contributed by atoms with E-state index in [1.807, 2.05) is 0 Å². The normalized spacial score (nSPS) is 17.4. The molecular formula is C16H25NO. The lowest BCUT2D eigenvalue weighted by molar-refractivity contribution is 0.182. The van der Waals surface area contributed by atoms with E-state index in [9.17, 15) is 0 Å². The molecule has 0 radical (unpaired) electrons. The molecule has 1 fully saturated rings. The van der Waals surface area contributed by atoms with Crippen LogP contribution < -0.4 is 10.5 Å². The van der Waals surface area contributed by atoms with E-state index in [-0.39, 0.29) is 0 Å². The van der Waals surface area contributed by atoms with Crippen molar-refractivity contribution in [2.75, 3.05) is 6.54 Å². The Morgan fingerprint density at radius 3 is 2.56 bits per heavy atom. The Balaban J connectivity index is 2.06. The van der Waals surface area contributed by atoms with Crippen molar-refractivity contribution >= 4 is 0 Å². The summed E-state index contributed by atoms with van der Waals surface area (Å²) in [5.74, 6) is 1.05. The van der Waals surface area contributed by atoms with Gasteiger partial charge in [-0.2, -0.15) is 0 Å². The summed E-state index contributed by atoms with van der Waals surface area (Å²) >= 11 is 0. The van der Waals surface area contributed by atoms with Gasteiger partial charge in [0, 0.05) is 0 Å². The van der Waals surface area contributed by atoms with Crippen molar-refractivity contribution in [2.24, 2.45) is 5.73 Å². The predicted molar refractivity (Wildman–Crippen MR) is 76.1 cm³/mol. The van der Waals surface area contributed by atoms with Crippen molar-refractivity contribution in [3.8, 4) is 5.75 Å². The fourth-order valence-electron chi connectivity index (χ4n) is 2.71. The van der Waals surface area contributed by atoms with Crippen molar-refractivity contribution in [3.05, 3.63) is 29.3 Å². The van der Waals surface area contributed by atoms with E-state index in [1.165, 1.54) is 49.7 Å². The predicted octanol–water partition coefficient (Wildman–Crippen LogP) is 3.60. The van der Waals surface area contributed by atoms with Crippen molar-refractivity contribution < 1.29 is 4.74 Å². The molecule has 0 unspecified atom stereocenters. The minimum Gasteiger partial charge on any atom is -0.490 e. The molecule has 18 heavy (non-hydrogen) atoms. The molecular weight excluding hydrogens is 222 g/mol. The van der Waals surface area contributed by atoms with Crippen molar-refractivity contribution in [1.82, 2.24) is 0 Å². The Morgan fingerprint density at radius 1 is 1.17 bits per heavy atom. The van der Waals surface area contributed by atoms with Crippen LogP contribution in [-0.2, 0) is 6.42 Å². The van der Waals surface area contributed by atoms with Crippen molar-refractivity contribution in [3.63, 3.8) is 0 Å². The Labute approximate surface area is 111 Å². The molecule has 0 aromatic heterocycles. The topological polar surface area (TPSA) is 35.2 Å². The van der Waals surface area contributed by atoms with Crippen molar-refractivity contribution in [1.29, 1.82) is 0 Å². The first kappa shape index (κ1) is 13.4. The van der Waals surface area contributed by atoms with Crippen LogP contribution in [0.25, 0.3) is 0 Å². The van der Waals surface area contributed by atoms with Gasteiger partial charge in [-0.25, -0.2) is 0 Å². The Morgan fingerprint density at radius 2 is 1.89 bits per heavy atom. The zero-order valence-corrected chi connectivity index (χ0v) is 11.5. The first-order chi connectivity index (χ1) is 8.79. The maximum atomic E-state index is 6.22. The Kier molecular flexibility index (Phi) is 5.06. The third-order valence-electron chi connectivity index (χ3n) is 3.73. The minimum absolute atomic E-state index is 0.409. The molecule has 0 bridgehead atoms. The van der Waals surface area contributed by atoms with E-state index >= 15 is 0 Å². The molecule has 0 heterocycles. The number of aryl methyl sites for hydroxylation is 1. The second-order valence-corrected chi connectivity index (χ2v) is 5.38. The molecule has 0 saturated heterocycles. The summed E-state index contributed by atoms with van der Waals surface area (Å²) in [4.78, 5) is 0. The molecule has 0 spiro atoms. The van der Waals surface area contributed by atoms with Gasteiger partial charge in [0.25, 0.3) is 0 Å². The lowest BCUT2D eigenvalue weighted by Crippen LogP contribution is -2.16. The Bertz CT molecular complexity index is 367. The largest absolute Gasteiger partial charge is 0.490 e. The summed E-state index contributed by atoms with van der Waals surface area (Å²) in [5, 5.41) is 0. The molecule has 0 aliphatic heterocycles. The number of ether oxygens (including phenoxy) is 1. The number of nitrogens with two attached hydrogens (primary N) is 1. The van der Waals surface area contributed by atoms with Gasteiger partial charge in [-0.3, -0.25) is 0 Å². The molecule has 0 amide bonds. The molecule has 0 atom stereocenters. The maximum Gasteiger partial charge on any atom is 0.122 e. The van der Waals surface area contributed by atoms with E-state index < -0.39 is 0 Å².